The minimum Gasteiger partial charge on any atom is -0.468 e. The molecular weight excluding hydrogens is 330 g/mol. The number of piperidine rings is 1. The molecule has 26 heavy (non-hydrogen) atoms. The van der Waals surface area contributed by atoms with E-state index in [2.05, 4.69) is 15.2 Å². The molecule has 0 spiro atoms. The van der Waals surface area contributed by atoms with Crippen molar-refractivity contribution >= 4 is 11.7 Å². The zero-order chi connectivity index (χ0) is 18.7. The Hall–Kier alpha value is -2.34. The van der Waals surface area contributed by atoms with Crippen LogP contribution in [0.5, 0.6) is 0 Å². The van der Waals surface area contributed by atoms with Gasteiger partial charge < -0.3 is 14.7 Å². The molecule has 2 N–H and O–H groups in total. The number of rotatable bonds is 6. The summed E-state index contributed by atoms with van der Waals surface area (Å²) >= 11 is 0. The molecule has 140 valence electrons. The Labute approximate surface area is 153 Å². The number of aromatic nitrogens is 1. The van der Waals surface area contributed by atoms with Crippen molar-refractivity contribution in [2.24, 2.45) is 0 Å². The van der Waals surface area contributed by atoms with E-state index >= 15 is 0 Å². The van der Waals surface area contributed by atoms with E-state index in [4.69, 9.17) is 4.42 Å². The van der Waals surface area contributed by atoms with Crippen molar-refractivity contribution < 1.29 is 14.0 Å². The number of hydrogen-bond acceptors (Lipinski definition) is 4. The highest BCUT2D eigenvalue weighted by molar-refractivity contribution is 6.02. The van der Waals surface area contributed by atoms with E-state index in [9.17, 15) is 9.59 Å². The van der Waals surface area contributed by atoms with Gasteiger partial charge in [0, 0.05) is 17.8 Å². The summed E-state index contributed by atoms with van der Waals surface area (Å²) in [6.07, 6.45) is 5.26. The van der Waals surface area contributed by atoms with E-state index in [0.29, 0.717) is 23.4 Å². The molecule has 1 atom stereocenters. The molecular formula is C20H27N3O3. The summed E-state index contributed by atoms with van der Waals surface area (Å²) in [5.41, 5.74) is 2.51. The Morgan fingerprint density at radius 2 is 2.00 bits per heavy atom. The highest BCUT2D eigenvalue weighted by Gasteiger charge is 2.26. The van der Waals surface area contributed by atoms with E-state index < -0.39 is 0 Å². The van der Waals surface area contributed by atoms with Gasteiger partial charge in [0.05, 0.1) is 12.3 Å². The molecule has 0 aliphatic carbocycles. The number of likely N-dealkylation sites (tertiary alicyclic amines) is 1. The Kier molecular flexibility index (Phi) is 5.61. The number of furan rings is 1. The van der Waals surface area contributed by atoms with E-state index in [1.807, 2.05) is 26.0 Å². The minimum absolute atomic E-state index is 0.0258. The van der Waals surface area contributed by atoms with Crippen molar-refractivity contribution in [3.05, 3.63) is 46.7 Å². The van der Waals surface area contributed by atoms with Gasteiger partial charge in [0.2, 0.25) is 0 Å². The molecule has 0 saturated carbocycles. The van der Waals surface area contributed by atoms with Gasteiger partial charge in [0.1, 0.15) is 11.5 Å². The molecule has 0 aromatic carbocycles. The molecule has 2 aromatic heterocycles. The van der Waals surface area contributed by atoms with Crippen LogP contribution >= 0.6 is 0 Å². The van der Waals surface area contributed by atoms with E-state index in [1.54, 1.807) is 6.26 Å². The van der Waals surface area contributed by atoms with Crippen molar-refractivity contribution in [2.75, 3.05) is 19.6 Å². The molecule has 0 radical (unpaired) electrons. The van der Waals surface area contributed by atoms with Crippen LogP contribution in [-0.4, -0.2) is 41.2 Å². The van der Waals surface area contributed by atoms with Crippen LogP contribution in [0.2, 0.25) is 0 Å². The summed E-state index contributed by atoms with van der Waals surface area (Å²) < 4.78 is 5.62. The van der Waals surface area contributed by atoms with Gasteiger partial charge in [-0.3, -0.25) is 14.5 Å². The van der Waals surface area contributed by atoms with Gasteiger partial charge in [0.25, 0.3) is 5.91 Å². The number of aryl methyl sites for hydroxylation is 1. The summed E-state index contributed by atoms with van der Waals surface area (Å²) in [7, 11) is 0. The number of nitrogens with zero attached hydrogens (tertiary/aromatic N) is 1. The largest absolute Gasteiger partial charge is 0.468 e. The molecule has 1 fully saturated rings. The predicted molar refractivity (Wildman–Crippen MR) is 99.5 cm³/mol. The van der Waals surface area contributed by atoms with Gasteiger partial charge in [-0.05, 0) is 64.4 Å². The number of H-pyrrole nitrogens is 1. The van der Waals surface area contributed by atoms with Crippen LogP contribution in [0.25, 0.3) is 0 Å². The summed E-state index contributed by atoms with van der Waals surface area (Å²) in [5.74, 6) is 0.653. The Bertz CT molecular complexity index is 771. The molecule has 6 heteroatoms. The molecule has 1 amide bonds. The first kappa shape index (κ1) is 18.5. The Balaban J connectivity index is 1.74. The average molecular weight is 357 g/mol. The quantitative estimate of drug-likeness (QED) is 0.777. The summed E-state index contributed by atoms with van der Waals surface area (Å²) in [5, 5.41) is 3.02. The van der Waals surface area contributed by atoms with Gasteiger partial charge in [-0.15, -0.1) is 0 Å². The first-order chi connectivity index (χ1) is 12.5. The smallest absolute Gasteiger partial charge is 0.268 e. The lowest BCUT2D eigenvalue weighted by Gasteiger charge is -2.33. The van der Waals surface area contributed by atoms with Crippen LogP contribution in [0.1, 0.15) is 70.1 Å². The minimum atomic E-state index is -0.188. The standard InChI is InChI=1S/C20H27N3O3/c1-13-18(15(3)24)14(2)22-19(13)20(25)21-12-16(17-8-7-11-26-17)23-9-5-4-6-10-23/h7-8,11,16,22H,4-6,9-10,12H2,1-3H3,(H,21,25)/t16-/m1/s1. The number of amides is 1. The van der Waals surface area contributed by atoms with Gasteiger partial charge in [0.15, 0.2) is 5.78 Å². The predicted octanol–water partition coefficient (Wildman–Crippen LogP) is 3.38. The number of ketones is 1. The molecule has 0 unspecified atom stereocenters. The second-order valence-electron chi connectivity index (χ2n) is 7.02. The van der Waals surface area contributed by atoms with Gasteiger partial charge >= 0.3 is 0 Å². The second kappa shape index (κ2) is 7.91. The number of aromatic amines is 1. The summed E-state index contributed by atoms with van der Waals surface area (Å²) in [6.45, 7) is 7.64. The molecule has 1 aliphatic heterocycles. The number of carbonyl (C=O) groups is 2. The molecule has 1 saturated heterocycles. The number of carbonyl (C=O) groups excluding carboxylic acids is 2. The third-order valence-electron chi connectivity index (χ3n) is 5.18. The molecule has 1 aliphatic rings. The van der Waals surface area contributed by atoms with Crippen LogP contribution in [0.15, 0.2) is 22.8 Å². The van der Waals surface area contributed by atoms with Crippen molar-refractivity contribution in [3.63, 3.8) is 0 Å². The number of Topliss-reactive ketones (excluding diaryl/α,β-unsaturated/α-hetero) is 1. The first-order valence-corrected chi connectivity index (χ1v) is 9.24. The Morgan fingerprint density at radius 1 is 1.27 bits per heavy atom. The van der Waals surface area contributed by atoms with Crippen molar-refractivity contribution in [2.45, 2.75) is 46.1 Å². The zero-order valence-electron chi connectivity index (χ0n) is 15.7. The SMILES string of the molecule is CC(=O)c1c(C)[nH]c(C(=O)NC[C@H](c2ccco2)N2CCCCC2)c1C. The fourth-order valence-corrected chi connectivity index (χ4v) is 3.90. The van der Waals surface area contributed by atoms with Crippen LogP contribution in [-0.2, 0) is 0 Å². The van der Waals surface area contributed by atoms with E-state index in [0.717, 1.165) is 24.5 Å². The fourth-order valence-electron chi connectivity index (χ4n) is 3.90. The van der Waals surface area contributed by atoms with Crippen molar-refractivity contribution in [1.29, 1.82) is 0 Å². The maximum absolute atomic E-state index is 12.7. The molecule has 2 aromatic rings. The van der Waals surface area contributed by atoms with Crippen LogP contribution < -0.4 is 5.32 Å². The third-order valence-corrected chi connectivity index (χ3v) is 5.18. The second-order valence-corrected chi connectivity index (χ2v) is 7.02. The lowest BCUT2D eigenvalue weighted by molar-refractivity contribution is 0.0909. The first-order valence-electron chi connectivity index (χ1n) is 9.24. The van der Waals surface area contributed by atoms with Gasteiger partial charge in [-0.2, -0.15) is 0 Å². The van der Waals surface area contributed by atoms with Crippen molar-refractivity contribution in [3.8, 4) is 0 Å². The van der Waals surface area contributed by atoms with Gasteiger partial charge in [-0.1, -0.05) is 6.42 Å². The lowest BCUT2D eigenvalue weighted by Crippen LogP contribution is -2.40. The topological polar surface area (TPSA) is 78.3 Å². The van der Waals surface area contributed by atoms with Crippen LogP contribution in [0, 0.1) is 13.8 Å². The maximum Gasteiger partial charge on any atom is 0.268 e. The van der Waals surface area contributed by atoms with Crippen LogP contribution in [0.4, 0.5) is 0 Å². The van der Waals surface area contributed by atoms with Crippen LogP contribution in [0.3, 0.4) is 0 Å². The summed E-state index contributed by atoms with van der Waals surface area (Å²) in [4.78, 5) is 29.9. The van der Waals surface area contributed by atoms with Gasteiger partial charge in [-0.25, -0.2) is 0 Å². The van der Waals surface area contributed by atoms with E-state index in [1.165, 1.54) is 26.2 Å². The average Bonchev–Trinajstić information content (AvgIpc) is 3.24. The zero-order valence-corrected chi connectivity index (χ0v) is 15.7. The third kappa shape index (κ3) is 3.75. The number of hydrogen-bond donors (Lipinski definition) is 2. The maximum atomic E-state index is 12.7. The normalized spacial score (nSPS) is 16.4. The summed E-state index contributed by atoms with van der Waals surface area (Å²) in [6, 6.07) is 3.87. The Morgan fingerprint density at radius 3 is 2.58 bits per heavy atom. The highest BCUT2D eigenvalue weighted by Crippen LogP contribution is 2.25. The van der Waals surface area contributed by atoms with E-state index in [-0.39, 0.29) is 17.7 Å². The van der Waals surface area contributed by atoms with Crippen molar-refractivity contribution in [1.82, 2.24) is 15.2 Å². The number of nitrogens with one attached hydrogen (secondary N) is 2. The monoisotopic (exact) mass is 357 g/mol. The molecule has 3 heterocycles. The fraction of sp³-hybridized carbons (Fsp3) is 0.500. The molecule has 3 rings (SSSR count). The molecule has 0 bridgehead atoms. The molecule has 6 nitrogen and oxygen atoms in total. The highest BCUT2D eigenvalue weighted by atomic mass is 16.3. The lowest BCUT2D eigenvalue weighted by atomic mass is 10.1.